The molecule has 0 aliphatic carbocycles. The van der Waals surface area contributed by atoms with E-state index in [2.05, 4.69) is 5.32 Å². The molecule has 2 heterocycles. The van der Waals surface area contributed by atoms with Gasteiger partial charge in [-0.05, 0) is 54.4 Å². The number of aryl methyl sites for hydroxylation is 1. The second-order valence-corrected chi connectivity index (χ2v) is 8.65. The molecule has 8 heteroatoms. The maximum absolute atomic E-state index is 13.8. The predicted octanol–water partition coefficient (Wildman–Crippen LogP) is 3.75. The Morgan fingerprint density at radius 2 is 1.44 bits per heavy atom. The zero-order chi connectivity index (χ0) is 22.9. The van der Waals surface area contributed by atoms with Crippen LogP contribution in [0.2, 0.25) is 0 Å². The molecule has 0 atom stereocenters. The van der Waals surface area contributed by atoms with Gasteiger partial charge < -0.3 is 14.8 Å². The molecular weight excluding hydrogens is 428 g/mol. The van der Waals surface area contributed by atoms with Crippen molar-refractivity contribution in [1.29, 1.82) is 0 Å². The molecule has 0 radical (unpaired) electrons. The Bertz CT molecular complexity index is 1120. The van der Waals surface area contributed by atoms with Crippen LogP contribution < -0.4 is 14.8 Å². The van der Waals surface area contributed by atoms with E-state index in [0.29, 0.717) is 27.5 Å². The van der Waals surface area contributed by atoms with E-state index in [4.69, 9.17) is 9.47 Å². The molecule has 0 unspecified atom stereocenters. The van der Waals surface area contributed by atoms with Crippen LogP contribution in [0.3, 0.4) is 0 Å². The van der Waals surface area contributed by atoms with E-state index in [1.807, 2.05) is 13.0 Å². The molecule has 0 bridgehead atoms. The minimum absolute atomic E-state index is 0.285. The van der Waals surface area contributed by atoms with Crippen molar-refractivity contribution in [2.75, 3.05) is 20.8 Å². The van der Waals surface area contributed by atoms with Crippen molar-refractivity contribution in [3.63, 3.8) is 0 Å². The van der Waals surface area contributed by atoms with E-state index in [9.17, 15) is 14.4 Å². The second kappa shape index (κ2) is 8.47. The minimum atomic E-state index is -1.47. The summed E-state index contributed by atoms with van der Waals surface area (Å²) in [6.07, 6.45) is 0. The standard InChI is InChI=1S/C24H22N2O5S/c1-15-4-13-21(32-15)20(27)14-26-22(28)24(25-23(26)29,16-5-9-18(30-2)10-6-16)17-7-11-19(31-3)12-8-17/h4-13H,14H2,1-3H3,(H,25,29). The molecule has 7 nitrogen and oxygen atoms in total. The van der Waals surface area contributed by atoms with Crippen molar-refractivity contribution in [3.8, 4) is 11.5 Å². The van der Waals surface area contributed by atoms with Crippen LogP contribution in [0.25, 0.3) is 0 Å². The van der Waals surface area contributed by atoms with Crippen LogP contribution in [0.15, 0.2) is 60.7 Å². The first-order chi connectivity index (χ1) is 15.4. The van der Waals surface area contributed by atoms with Crippen molar-refractivity contribution in [3.05, 3.63) is 81.5 Å². The van der Waals surface area contributed by atoms with Crippen LogP contribution in [-0.2, 0) is 10.3 Å². The van der Waals surface area contributed by atoms with Gasteiger partial charge in [-0.3, -0.25) is 14.5 Å². The van der Waals surface area contributed by atoms with E-state index >= 15 is 0 Å². The third kappa shape index (κ3) is 3.62. The highest BCUT2D eigenvalue weighted by Gasteiger charge is 2.54. The summed E-state index contributed by atoms with van der Waals surface area (Å²) in [5.41, 5.74) is -0.353. The zero-order valence-electron chi connectivity index (χ0n) is 17.9. The Morgan fingerprint density at radius 1 is 0.906 bits per heavy atom. The number of amides is 3. The Hall–Kier alpha value is -3.65. The number of ether oxygens (including phenoxy) is 2. The number of carbonyl (C=O) groups is 3. The summed E-state index contributed by atoms with van der Waals surface area (Å²) in [7, 11) is 3.10. The first kappa shape index (κ1) is 21.6. The summed E-state index contributed by atoms with van der Waals surface area (Å²) in [5, 5.41) is 2.84. The lowest BCUT2D eigenvalue weighted by Gasteiger charge is -2.28. The second-order valence-electron chi connectivity index (χ2n) is 7.36. The normalized spacial score (nSPS) is 14.9. The first-order valence-corrected chi connectivity index (χ1v) is 10.7. The number of urea groups is 1. The fraction of sp³-hybridized carbons (Fsp3) is 0.208. The average molecular weight is 451 g/mol. The molecule has 1 aromatic heterocycles. The number of thiophene rings is 1. The maximum Gasteiger partial charge on any atom is 0.325 e. The van der Waals surface area contributed by atoms with Gasteiger partial charge in [-0.15, -0.1) is 11.3 Å². The number of Topliss-reactive ketones (excluding diaryl/α,β-unsaturated/α-hetero) is 1. The van der Waals surface area contributed by atoms with Gasteiger partial charge in [0.15, 0.2) is 11.3 Å². The molecule has 3 aromatic rings. The van der Waals surface area contributed by atoms with Gasteiger partial charge in [0.2, 0.25) is 0 Å². The molecule has 1 aliphatic heterocycles. The molecule has 1 aliphatic rings. The van der Waals surface area contributed by atoms with Crippen LogP contribution in [0, 0.1) is 6.92 Å². The fourth-order valence-corrected chi connectivity index (χ4v) is 4.56. The van der Waals surface area contributed by atoms with Gasteiger partial charge in [0, 0.05) is 4.88 Å². The number of imide groups is 1. The molecule has 0 saturated carbocycles. The summed E-state index contributed by atoms with van der Waals surface area (Å²) in [5.74, 6) is 0.442. The van der Waals surface area contributed by atoms with Gasteiger partial charge in [0.05, 0.1) is 25.6 Å². The summed E-state index contributed by atoms with van der Waals surface area (Å²) >= 11 is 1.34. The van der Waals surface area contributed by atoms with Crippen LogP contribution >= 0.6 is 11.3 Å². The van der Waals surface area contributed by atoms with Crippen molar-refractivity contribution < 1.29 is 23.9 Å². The van der Waals surface area contributed by atoms with Crippen LogP contribution in [0.1, 0.15) is 25.7 Å². The molecule has 2 aromatic carbocycles. The highest BCUT2D eigenvalue weighted by Crippen LogP contribution is 2.37. The summed E-state index contributed by atoms with van der Waals surface area (Å²) in [4.78, 5) is 41.9. The summed E-state index contributed by atoms with van der Waals surface area (Å²) in [6.45, 7) is 1.56. The number of rotatable bonds is 7. The number of ketones is 1. The van der Waals surface area contributed by atoms with Gasteiger partial charge in [-0.1, -0.05) is 24.3 Å². The quantitative estimate of drug-likeness (QED) is 0.438. The Balaban J connectivity index is 1.76. The topological polar surface area (TPSA) is 84.9 Å². The van der Waals surface area contributed by atoms with Crippen LogP contribution in [0.5, 0.6) is 11.5 Å². The molecule has 1 fully saturated rings. The number of carbonyl (C=O) groups excluding carboxylic acids is 3. The van der Waals surface area contributed by atoms with Crippen LogP contribution in [0.4, 0.5) is 4.79 Å². The lowest BCUT2D eigenvalue weighted by atomic mass is 9.82. The largest absolute Gasteiger partial charge is 0.497 e. The van der Waals surface area contributed by atoms with E-state index in [1.54, 1.807) is 68.8 Å². The Morgan fingerprint density at radius 3 is 1.88 bits per heavy atom. The number of benzene rings is 2. The number of methoxy groups -OCH3 is 2. The summed E-state index contributed by atoms with van der Waals surface area (Å²) in [6, 6.07) is 16.7. The minimum Gasteiger partial charge on any atom is -0.497 e. The molecule has 4 rings (SSSR count). The average Bonchev–Trinajstić information content (AvgIpc) is 3.36. The van der Waals surface area contributed by atoms with Gasteiger partial charge in [-0.25, -0.2) is 4.79 Å². The van der Waals surface area contributed by atoms with Crippen molar-refractivity contribution in [2.45, 2.75) is 12.5 Å². The molecule has 1 saturated heterocycles. The molecule has 0 spiro atoms. The number of nitrogens with zero attached hydrogens (tertiary/aromatic N) is 1. The number of nitrogens with one attached hydrogen (secondary N) is 1. The van der Waals surface area contributed by atoms with E-state index < -0.39 is 17.5 Å². The van der Waals surface area contributed by atoms with Crippen molar-refractivity contribution in [1.82, 2.24) is 10.2 Å². The number of hydrogen-bond acceptors (Lipinski definition) is 6. The van der Waals surface area contributed by atoms with Crippen LogP contribution in [-0.4, -0.2) is 43.4 Å². The molecular formula is C24H22N2O5S. The Labute approximate surface area is 189 Å². The molecule has 3 amide bonds. The highest BCUT2D eigenvalue weighted by atomic mass is 32.1. The van der Waals surface area contributed by atoms with Gasteiger partial charge in [0.25, 0.3) is 5.91 Å². The predicted molar refractivity (Wildman–Crippen MR) is 120 cm³/mol. The zero-order valence-corrected chi connectivity index (χ0v) is 18.7. The van der Waals surface area contributed by atoms with Crippen molar-refractivity contribution in [2.24, 2.45) is 0 Å². The SMILES string of the molecule is COc1ccc(C2(c3ccc(OC)cc3)NC(=O)N(CC(=O)c3ccc(C)s3)C2=O)cc1. The molecule has 1 N–H and O–H groups in total. The third-order valence-corrected chi connectivity index (χ3v) is 6.51. The summed E-state index contributed by atoms with van der Waals surface area (Å²) < 4.78 is 10.5. The van der Waals surface area contributed by atoms with Gasteiger partial charge in [-0.2, -0.15) is 0 Å². The molecule has 32 heavy (non-hydrogen) atoms. The van der Waals surface area contributed by atoms with E-state index in [0.717, 1.165) is 9.78 Å². The highest BCUT2D eigenvalue weighted by molar-refractivity contribution is 7.14. The van der Waals surface area contributed by atoms with Crippen molar-refractivity contribution >= 4 is 29.1 Å². The van der Waals surface area contributed by atoms with E-state index in [1.165, 1.54) is 11.3 Å². The maximum atomic E-state index is 13.8. The van der Waals surface area contributed by atoms with E-state index in [-0.39, 0.29) is 12.3 Å². The monoisotopic (exact) mass is 450 g/mol. The van der Waals surface area contributed by atoms with Gasteiger partial charge >= 0.3 is 6.03 Å². The molecule has 164 valence electrons. The smallest absolute Gasteiger partial charge is 0.325 e. The first-order valence-electron chi connectivity index (χ1n) is 9.92. The lowest BCUT2D eigenvalue weighted by Crippen LogP contribution is -2.45. The third-order valence-electron chi connectivity index (χ3n) is 5.47. The fourth-order valence-electron chi connectivity index (χ4n) is 3.77. The number of hydrogen-bond donors (Lipinski definition) is 1. The van der Waals surface area contributed by atoms with Gasteiger partial charge in [0.1, 0.15) is 11.5 Å². The Kier molecular flexibility index (Phi) is 5.71. The lowest BCUT2D eigenvalue weighted by molar-refractivity contribution is -0.129.